The van der Waals surface area contributed by atoms with Crippen molar-refractivity contribution in [3.63, 3.8) is 0 Å². The quantitative estimate of drug-likeness (QED) is 0.743. The third kappa shape index (κ3) is 3.62. The van der Waals surface area contributed by atoms with E-state index in [4.69, 9.17) is 9.47 Å². The number of imidazole rings is 1. The minimum absolute atomic E-state index is 0.110. The SMILES string of the molecule is Cc1cccn2cc(C(=O)N[C@@H]3CCOC[C@H]3OCc3cscn3)nc12. The Balaban J connectivity index is 1.44. The molecule has 1 aliphatic heterocycles. The van der Waals surface area contributed by atoms with E-state index in [1.165, 1.54) is 11.3 Å². The highest BCUT2D eigenvalue weighted by Crippen LogP contribution is 2.16. The van der Waals surface area contributed by atoms with Gasteiger partial charge in [0.15, 0.2) is 0 Å². The van der Waals surface area contributed by atoms with Crippen LogP contribution in [0.1, 0.15) is 28.2 Å². The minimum Gasteiger partial charge on any atom is -0.379 e. The van der Waals surface area contributed by atoms with Crippen LogP contribution in [0.3, 0.4) is 0 Å². The number of hydrogen-bond acceptors (Lipinski definition) is 6. The molecule has 0 radical (unpaired) electrons. The Hall–Kier alpha value is -2.29. The highest BCUT2D eigenvalue weighted by atomic mass is 32.1. The first kappa shape index (κ1) is 17.1. The number of nitrogens with zero attached hydrogens (tertiary/aromatic N) is 3. The summed E-state index contributed by atoms with van der Waals surface area (Å²) in [5.74, 6) is -0.192. The number of fused-ring (bicyclic) bond motifs is 1. The van der Waals surface area contributed by atoms with Gasteiger partial charge in [-0.1, -0.05) is 6.07 Å². The second-order valence-corrected chi connectivity index (χ2v) is 7.04. The Bertz CT molecular complexity index is 893. The van der Waals surface area contributed by atoms with Crippen molar-refractivity contribution in [1.29, 1.82) is 0 Å². The molecule has 3 aromatic heterocycles. The fourth-order valence-electron chi connectivity index (χ4n) is 3.05. The number of ether oxygens (including phenoxy) is 2. The Labute approximate surface area is 155 Å². The van der Waals surface area contributed by atoms with E-state index in [0.29, 0.717) is 31.9 Å². The maximum atomic E-state index is 12.7. The lowest BCUT2D eigenvalue weighted by Gasteiger charge is -2.31. The van der Waals surface area contributed by atoms with Crippen LogP contribution in [-0.4, -0.2) is 45.6 Å². The van der Waals surface area contributed by atoms with Gasteiger partial charge in [0, 0.05) is 24.4 Å². The third-order valence-electron chi connectivity index (χ3n) is 4.46. The molecule has 1 aliphatic rings. The number of rotatable bonds is 5. The average Bonchev–Trinajstić information content (AvgIpc) is 3.31. The fourth-order valence-corrected chi connectivity index (χ4v) is 3.59. The maximum Gasteiger partial charge on any atom is 0.271 e. The molecule has 0 aliphatic carbocycles. The first-order valence-electron chi connectivity index (χ1n) is 8.52. The predicted octanol–water partition coefficient (Wildman–Crippen LogP) is 2.20. The van der Waals surface area contributed by atoms with E-state index in [9.17, 15) is 4.79 Å². The number of aryl methyl sites for hydroxylation is 1. The zero-order chi connectivity index (χ0) is 17.9. The summed E-state index contributed by atoms with van der Waals surface area (Å²) in [5, 5.41) is 5.01. The van der Waals surface area contributed by atoms with E-state index in [2.05, 4.69) is 15.3 Å². The van der Waals surface area contributed by atoms with E-state index >= 15 is 0 Å². The van der Waals surface area contributed by atoms with Crippen LogP contribution in [-0.2, 0) is 16.1 Å². The molecule has 0 unspecified atom stereocenters. The van der Waals surface area contributed by atoms with E-state index < -0.39 is 0 Å². The van der Waals surface area contributed by atoms with Crippen LogP contribution in [0.15, 0.2) is 35.4 Å². The molecule has 0 spiro atoms. The lowest BCUT2D eigenvalue weighted by Crippen LogP contribution is -2.50. The fraction of sp³-hybridized carbons (Fsp3) is 0.389. The monoisotopic (exact) mass is 372 g/mol. The van der Waals surface area contributed by atoms with Gasteiger partial charge in [0.1, 0.15) is 17.4 Å². The van der Waals surface area contributed by atoms with Crippen molar-refractivity contribution in [2.45, 2.75) is 32.1 Å². The Morgan fingerprint density at radius 1 is 1.54 bits per heavy atom. The number of nitrogens with one attached hydrogen (secondary N) is 1. The number of aromatic nitrogens is 3. The van der Waals surface area contributed by atoms with Crippen LogP contribution < -0.4 is 5.32 Å². The average molecular weight is 372 g/mol. The molecule has 1 N–H and O–H groups in total. The summed E-state index contributed by atoms with van der Waals surface area (Å²) in [6.07, 6.45) is 4.15. The van der Waals surface area contributed by atoms with Crippen molar-refractivity contribution >= 4 is 22.9 Å². The number of pyridine rings is 1. The number of hydrogen-bond donors (Lipinski definition) is 1. The number of amides is 1. The van der Waals surface area contributed by atoms with E-state index in [0.717, 1.165) is 16.9 Å². The minimum atomic E-state index is -0.201. The number of carbonyl (C=O) groups excluding carboxylic acids is 1. The second-order valence-electron chi connectivity index (χ2n) is 6.32. The molecule has 8 heteroatoms. The van der Waals surface area contributed by atoms with Crippen LogP contribution in [0.2, 0.25) is 0 Å². The van der Waals surface area contributed by atoms with Crippen LogP contribution in [0.25, 0.3) is 5.65 Å². The van der Waals surface area contributed by atoms with Crippen LogP contribution in [0.4, 0.5) is 0 Å². The Morgan fingerprint density at radius 3 is 3.27 bits per heavy atom. The second kappa shape index (κ2) is 7.53. The normalized spacial score (nSPS) is 20.3. The lowest BCUT2D eigenvalue weighted by atomic mass is 10.1. The lowest BCUT2D eigenvalue weighted by molar-refractivity contribution is -0.0742. The maximum absolute atomic E-state index is 12.7. The molecule has 26 heavy (non-hydrogen) atoms. The molecule has 0 saturated carbocycles. The molecule has 0 aromatic carbocycles. The van der Waals surface area contributed by atoms with Gasteiger partial charge in [-0.15, -0.1) is 11.3 Å². The van der Waals surface area contributed by atoms with E-state index in [1.54, 1.807) is 11.7 Å². The summed E-state index contributed by atoms with van der Waals surface area (Å²) in [7, 11) is 0. The summed E-state index contributed by atoms with van der Waals surface area (Å²) >= 11 is 1.54. The van der Waals surface area contributed by atoms with Gasteiger partial charge in [-0.2, -0.15) is 0 Å². The molecular weight excluding hydrogens is 352 g/mol. The first-order valence-corrected chi connectivity index (χ1v) is 9.46. The van der Waals surface area contributed by atoms with Crippen molar-refractivity contribution in [2.75, 3.05) is 13.2 Å². The van der Waals surface area contributed by atoms with Crippen molar-refractivity contribution < 1.29 is 14.3 Å². The molecule has 7 nitrogen and oxygen atoms in total. The summed E-state index contributed by atoms with van der Waals surface area (Å²) in [4.78, 5) is 21.4. The van der Waals surface area contributed by atoms with Gasteiger partial charge < -0.3 is 19.2 Å². The van der Waals surface area contributed by atoms with Gasteiger partial charge in [0.2, 0.25) is 0 Å². The van der Waals surface area contributed by atoms with Crippen molar-refractivity contribution in [3.8, 4) is 0 Å². The van der Waals surface area contributed by atoms with Gasteiger partial charge in [0.25, 0.3) is 5.91 Å². The van der Waals surface area contributed by atoms with Gasteiger partial charge in [0.05, 0.1) is 30.5 Å². The van der Waals surface area contributed by atoms with Crippen LogP contribution in [0, 0.1) is 6.92 Å². The Morgan fingerprint density at radius 2 is 2.46 bits per heavy atom. The zero-order valence-electron chi connectivity index (χ0n) is 14.4. The van der Waals surface area contributed by atoms with Crippen molar-refractivity contribution in [2.24, 2.45) is 0 Å². The summed E-state index contributed by atoms with van der Waals surface area (Å²) in [5.41, 5.74) is 4.90. The van der Waals surface area contributed by atoms with Gasteiger partial charge in [-0.05, 0) is 25.0 Å². The van der Waals surface area contributed by atoms with E-state index in [-0.39, 0.29) is 18.1 Å². The van der Waals surface area contributed by atoms with Gasteiger partial charge in [-0.3, -0.25) is 4.79 Å². The number of carbonyl (C=O) groups is 1. The summed E-state index contributed by atoms with van der Waals surface area (Å²) in [6.45, 7) is 3.45. The zero-order valence-corrected chi connectivity index (χ0v) is 15.2. The predicted molar refractivity (Wildman–Crippen MR) is 97.3 cm³/mol. The molecule has 2 atom stereocenters. The topological polar surface area (TPSA) is 77.8 Å². The third-order valence-corrected chi connectivity index (χ3v) is 5.10. The van der Waals surface area contributed by atoms with Gasteiger partial charge in [-0.25, -0.2) is 9.97 Å². The summed E-state index contributed by atoms with van der Waals surface area (Å²) in [6, 6.07) is 3.80. The molecule has 0 bridgehead atoms. The number of thiazole rings is 1. The molecule has 4 heterocycles. The van der Waals surface area contributed by atoms with E-state index in [1.807, 2.05) is 35.0 Å². The molecule has 136 valence electrons. The first-order chi connectivity index (χ1) is 12.7. The molecule has 1 amide bonds. The molecular formula is C18H20N4O3S. The molecule has 1 fully saturated rings. The van der Waals surface area contributed by atoms with Gasteiger partial charge >= 0.3 is 0 Å². The smallest absolute Gasteiger partial charge is 0.271 e. The standard InChI is InChI=1S/C18H20N4O3S/c1-12-3-2-5-22-7-15(20-17(12)22)18(23)21-14-4-6-24-9-16(14)25-8-13-10-26-11-19-13/h2-3,5,7,10-11,14,16H,4,6,8-9H2,1H3,(H,21,23)/t14-,16-/m1/s1. The van der Waals surface area contributed by atoms with Crippen LogP contribution >= 0.6 is 11.3 Å². The Kier molecular flexibility index (Phi) is 4.96. The molecule has 1 saturated heterocycles. The van der Waals surface area contributed by atoms with Crippen molar-refractivity contribution in [3.05, 3.63) is 52.4 Å². The highest BCUT2D eigenvalue weighted by Gasteiger charge is 2.29. The largest absolute Gasteiger partial charge is 0.379 e. The van der Waals surface area contributed by atoms with Crippen LogP contribution in [0.5, 0.6) is 0 Å². The molecule has 4 rings (SSSR count). The molecule has 3 aromatic rings. The summed E-state index contributed by atoms with van der Waals surface area (Å²) < 4.78 is 13.3. The highest BCUT2D eigenvalue weighted by molar-refractivity contribution is 7.07. The van der Waals surface area contributed by atoms with Crippen molar-refractivity contribution in [1.82, 2.24) is 19.7 Å².